The Hall–Kier alpha value is -0.170. The first-order chi connectivity index (χ1) is 7.49. The molecule has 16 heavy (non-hydrogen) atoms. The van der Waals surface area contributed by atoms with Crippen LogP contribution in [0.1, 0.15) is 26.7 Å². The van der Waals surface area contributed by atoms with Gasteiger partial charge in [-0.1, -0.05) is 0 Å². The molecule has 1 saturated heterocycles. The van der Waals surface area contributed by atoms with Gasteiger partial charge in [-0.05, 0) is 26.7 Å². The third-order valence-electron chi connectivity index (χ3n) is 3.09. The maximum atomic E-state index is 11.6. The fourth-order valence-electron chi connectivity index (χ4n) is 1.95. The summed E-state index contributed by atoms with van der Waals surface area (Å²) in [4.78, 5) is 0. The van der Waals surface area contributed by atoms with E-state index in [1.165, 1.54) is 0 Å². The van der Waals surface area contributed by atoms with Crippen LogP contribution in [0.5, 0.6) is 0 Å². The molecule has 1 fully saturated rings. The van der Waals surface area contributed by atoms with Gasteiger partial charge in [0.15, 0.2) is 0 Å². The van der Waals surface area contributed by atoms with E-state index in [1.807, 2.05) is 0 Å². The highest BCUT2D eigenvalue weighted by molar-refractivity contribution is 7.89. The SMILES string of the molecule is CCS(=O)(=O)N1CCC(NC(C)CN)CC1. The summed E-state index contributed by atoms with van der Waals surface area (Å²) in [6.45, 7) is 5.62. The molecule has 1 aliphatic heterocycles. The molecule has 0 amide bonds. The molecule has 1 heterocycles. The first kappa shape index (κ1) is 13.9. The van der Waals surface area contributed by atoms with Crippen LogP contribution in [0.4, 0.5) is 0 Å². The number of rotatable bonds is 5. The Labute approximate surface area is 98.4 Å². The van der Waals surface area contributed by atoms with Gasteiger partial charge in [-0.15, -0.1) is 0 Å². The summed E-state index contributed by atoms with van der Waals surface area (Å²) in [6.07, 6.45) is 1.76. The second-order valence-corrected chi connectivity index (χ2v) is 6.63. The smallest absolute Gasteiger partial charge is 0.213 e. The van der Waals surface area contributed by atoms with Crippen molar-refractivity contribution >= 4 is 10.0 Å². The van der Waals surface area contributed by atoms with Crippen molar-refractivity contribution in [3.63, 3.8) is 0 Å². The second kappa shape index (κ2) is 5.95. The molecule has 5 nitrogen and oxygen atoms in total. The van der Waals surface area contributed by atoms with Crippen molar-refractivity contribution in [1.29, 1.82) is 0 Å². The number of nitrogens with zero attached hydrogens (tertiary/aromatic N) is 1. The molecule has 0 aliphatic carbocycles. The predicted molar refractivity (Wildman–Crippen MR) is 65.7 cm³/mol. The van der Waals surface area contributed by atoms with Crippen molar-refractivity contribution in [2.45, 2.75) is 38.8 Å². The molecule has 1 unspecified atom stereocenters. The lowest BCUT2D eigenvalue weighted by Crippen LogP contribution is -2.48. The summed E-state index contributed by atoms with van der Waals surface area (Å²) in [5.41, 5.74) is 5.54. The lowest BCUT2D eigenvalue weighted by atomic mass is 10.1. The lowest BCUT2D eigenvalue weighted by Gasteiger charge is -2.32. The van der Waals surface area contributed by atoms with E-state index in [2.05, 4.69) is 12.2 Å². The highest BCUT2D eigenvalue weighted by Crippen LogP contribution is 2.14. The van der Waals surface area contributed by atoms with Crippen LogP contribution in [0, 0.1) is 0 Å². The van der Waals surface area contributed by atoms with E-state index >= 15 is 0 Å². The normalized spacial score (nSPS) is 22.2. The summed E-state index contributed by atoms with van der Waals surface area (Å²) in [7, 11) is -3.00. The molecule has 3 N–H and O–H groups in total. The van der Waals surface area contributed by atoms with Crippen LogP contribution in [0.15, 0.2) is 0 Å². The standard InChI is InChI=1S/C10H23N3O2S/c1-3-16(14,15)13-6-4-10(5-7-13)12-9(2)8-11/h9-10,12H,3-8,11H2,1-2H3. The van der Waals surface area contributed by atoms with E-state index in [-0.39, 0.29) is 5.75 Å². The number of hydrogen-bond acceptors (Lipinski definition) is 4. The molecule has 0 aromatic carbocycles. The Morgan fingerprint density at radius 3 is 2.44 bits per heavy atom. The van der Waals surface area contributed by atoms with Gasteiger partial charge < -0.3 is 11.1 Å². The highest BCUT2D eigenvalue weighted by Gasteiger charge is 2.26. The Bertz CT molecular complexity index is 297. The Morgan fingerprint density at radius 2 is 2.00 bits per heavy atom. The highest BCUT2D eigenvalue weighted by atomic mass is 32.2. The molecule has 0 aromatic rings. The van der Waals surface area contributed by atoms with Crippen molar-refractivity contribution in [3.8, 4) is 0 Å². The van der Waals surface area contributed by atoms with Crippen LogP contribution in [0.2, 0.25) is 0 Å². The largest absolute Gasteiger partial charge is 0.329 e. The third-order valence-corrected chi connectivity index (χ3v) is 4.97. The summed E-state index contributed by atoms with van der Waals surface area (Å²) in [5, 5.41) is 3.41. The van der Waals surface area contributed by atoms with Crippen LogP contribution in [0.3, 0.4) is 0 Å². The van der Waals surface area contributed by atoms with Gasteiger partial charge in [-0.3, -0.25) is 0 Å². The average molecular weight is 249 g/mol. The number of nitrogens with two attached hydrogens (primary N) is 1. The molecule has 0 aromatic heterocycles. The van der Waals surface area contributed by atoms with Gasteiger partial charge in [0.05, 0.1) is 5.75 Å². The molecule has 6 heteroatoms. The topological polar surface area (TPSA) is 75.4 Å². The fourth-order valence-corrected chi connectivity index (χ4v) is 3.09. The summed E-state index contributed by atoms with van der Waals surface area (Å²) in [5.74, 6) is 0.199. The molecule has 1 atom stereocenters. The van der Waals surface area contributed by atoms with Crippen LogP contribution in [0.25, 0.3) is 0 Å². The molecule has 1 aliphatic rings. The van der Waals surface area contributed by atoms with E-state index in [1.54, 1.807) is 11.2 Å². The average Bonchev–Trinajstić information content (AvgIpc) is 2.29. The van der Waals surface area contributed by atoms with E-state index in [4.69, 9.17) is 5.73 Å². The Morgan fingerprint density at radius 1 is 1.44 bits per heavy atom. The zero-order valence-electron chi connectivity index (χ0n) is 10.1. The van der Waals surface area contributed by atoms with Crippen molar-refractivity contribution in [3.05, 3.63) is 0 Å². The molecule has 0 saturated carbocycles. The number of piperidine rings is 1. The van der Waals surface area contributed by atoms with E-state index in [9.17, 15) is 8.42 Å². The lowest BCUT2D eigenvalue weighted by molar-refractivity contribution is 0.277. The predicted octanol–water partition coefficient (Wildman–Crippen LogP) is -0.263. The fraction of sp³-hybridized carbons (Fsp3) is 1.00. The van der Waals surface area contributed by atoms with Crippen molar-refractivity contribution in [1.82, 2.24) is 9.62 Å². The molecular formula is C10H23N3O2S. The minimum Gasteiger partial charge on any atom is -0.329 e. The second-order valence-electron chi connectivity index (χ2n) is 4.38. The van der Waals surface area contributed by atoms with Crippen molar-refractivity contribution in [2.24, 2.45) is 5.73 Å². The molecule has 96 valence electrons. The Balaban J connectivity index is 2.40. The van der Waals surface area contributed by atoms with Gasteiger partial charge in [0, 0.05) is 31.7 Å². The van der Waals surface area contributed by atoms with E-state index in [0.29, 0.717) is 31.7 Å². The summed E-state index contributed by atoms with van der Waals surface area (Å²) >= 11 is 0. The van der Waals surface area contributed by atoms with E-state index in [0.717, 1.165) is 12.8 Å². The minimum atomic E-state index is -3.00. The summed E-state index contributed by atoms with van der Waals surface area (Å²) < 4.78 is 24.8. The maximum absolute atomic E-state index is 11.6. The van der Waals surface area contributed by atoms with Crippen LogP contribution in [-0.4, -0.2) is 50.2 Å². The Kier molecular flexibility index (Phi) is 5.17. The first-order valence-electron chi connectivity index (χ1n) is 5.93. The van der Waals surface area contributed by atoms with Crippen LogP contribution >= 0.6 is 0 Å². The first-order valence-corrected chi connectivity index (χ1v) is 7.54. The van der Waals surface area contributed by atoms with Crippen molar-refractivity contribution in [2.75, 3.05) is 25.4 Å². The number of nitrogens with one attached hydrogen (secondary N) is 1. The zero-order chi connectivity index (χ0) is 12.2. The van der Waals surface area contributed by atoms with Gasteiger partial charge >= 0.3 is 0 Å². The third kappa shape index (κ3) is 3.69. The zero-order valence-corrected chi connectivity index (χ0v) is 11.0. The van der Waals surface area contributed by atoms with Gasteiger partial charge in [-0.2, -0.15) is 0 Å². The van der Waals surface area contributed by atoms with Gasteiger partial charge in [0.2, 0.25) is 10.0 Å². The summed E-state index contributed by atoms with van der Waals surface area (Å²) in [6, 6.07) is 0.709. The number of hydrogen-bond donors (Lipinski definition) is 2. The van der Waals surface area contributed by atoms with Gasteiger partial charge in [0.1, 0.15) is 0 Å². The molecule has 0 bridgehead atoms. The van der Waals surface area contributed by atoms with Gasteiger partial charge in [0.25, 0.3) is 0 Å². The minimum absolute atomic E-state index is 0.199. The van der Waals surface area contributed by atoms with Gasteiger partial charge in [-0.25, -0.2) is 12.7 Å². The van der Waals surface area contributed by atoms with Crippen LogP contribution < -0.4 is 11.1 Å². The van der Waals surface area contributed by atoms with E-state index < -0.39 is 10.0 Å². The number of sulfonamides is 1. The van der Waals surface area contributed by atoms with Crippen LogP contribution in [-0.2, 0) is 10.0 Å². The quantitative estimate of drug-likeness (QED) is 0.704. The maximum Gasteiger partial charge on any atom is 0.213 e. The molecule has 0 radical (unpaired) electrons. The van der Waals surface area contributed by atoms with Crippen molar-refractivity contribution < 1.29 is 8.42 Å². The molecule has 0 spiro atoms. The molecule has 1 rings (SSSR count). The molecular weight excluding hydrogens is 226 g/mol. The monoisotopic (exact) mass is 249 g/mol.